The van der Waals surface area contributed by atoms with Crippen molar-refractivity contribution in [2.45, 2.75) is 6.18 Å². The van der Waals surface area contributed by atoms with Gasteiger partial charge in [-0.25, -0.2) is 0 Å². The molecule has 0 aliphatic rings. The van der Waals surface area contributed by atoms with Gasteiger partial charge in [-0.1, -0.05) is 18.2 Å². The van der Waals surface area contributed by atoms with E-state index in [0.29, 0.717) is 28.7 Å². The highest BCUT2D eigenvalue weighted by atomic mass is 19.4. The third-order valence-electron chi connectivity index (χ3n) is 2.88. The Morgan fingerprint density at radius 3 is 2.35 bits per heavy atom. The van der Waals surface area contributed by atoms with Gasteiger partial charge in [0.05, 0.1) is 18.2 Å². The van der Waals surface area contributed by atoms with Crippen LogP contribution >= 0.6 is 0 Å². The van der Waals surface area contributed by atoms with E-state index in [1.54, 1.807) is 18.2 Å². The van der Waals surface area contributed by atoms with Gasteiger partial charge in [0, 0.05) is 0 Å². The van der Waals surface area contributed by atoms with Gasteiger partial charge >= 0.3 is 6.18 Å². The average Bonchev–Trinajstić information content (AvgIpc) is 2.45. The van der Waals surface area contributed by atoms with Crippen LogP contribution in [0.1, 0.15) is 15.9 Å². The van der Waals surface area contributed by atoms with Crippen molar-refractivity contribution in [3.8, 4) is 16.9 Å². The molecule has 2 aromatic rings. The molecule has 2 aromatic carbocycles. The summed E-state index contributed by atoms with van der Waals surface area (Å²) >= 11 is 0. The summed E-state index contributed by atoms with van der Waals surface area (Å²) in [6.07, 6.45) is -3.79. The Bertz CT molecular complexity index is 633. The maximum Gasteiger partial charge on any atom is 0.416 e. The molecule has 0 saturated heterocycles. The number of hydrogen-bond donors (Lipinski definition) is 0. The Hall–Kier alpha value is -2.30. The summed E-state index contributed by atoms with van der Waals surface area (Å²) in [4.78, 5) is 10.9. The average molecular weight is 280 g/mol. The van der Waals surface area contributed by atoms with Crippen LogP contribution in [0.25, 0.3) is 11.1 Å². The van der Waals surface area contributed by atoms with Crippen molar-refractivity contribution in [2.75, 3.05) is 7.11 Å². The van der Waals surface area contributed by atoms with Gasteiger partial charge in [0.2, 0.25) is 0 Å². The molecule has 0 spiro atoms. The van der Waals surface area contributed by atoms with Crippen LogP contribution in [0.4, 0.5) is 13.2 Å². The first-order chi connectivity index (χ1) is 9.45. The fourth-order valence-electron chi connectivity index (χ4n) is 1.88. The fraction of sp³-hybridized carbons (Fsp3) is 0.133. The molecule has 20 heavy (non-hydrogen) atoms. The van der Waals surface area contributed by atoms with E-state index in [1.807, 2.05) is 0 Å². The van der Waals surface area contributed by atoms with Gasteiger partial charge in [0.25, 0.3) is 0 Å². The van der Waals surface area contributed by atoms with E-state index < -0.39 is 11.7 Å². The van der Waals surface area contributed by atoms with Crippen LogP contribution in [0.5, 0.6) is 5.75 Å². The quantitative estimate of drug-likeness (QED) is 0.788. The summed E-state index contributed by atoms with van der Waals surface area (Å²) in [6, 6.07) is 9.63. The van der Waals surface area contributed by atoms with Gasteiger partial charge in [-0.3, -0.25) is 4.79 Å². The third kappa shape index (κ3) is 2.82. The Morgan fingerprint density at radius 1 is 1.05 bits per heavy atom. The van der Waals surface area contributed by atoms with Crippen molar-refractivity contribution in [3.63, 3.8) is 0 Å². The predicted molar refractivity (Wildman–Crippen MR) is 68.8 cm³/mol. The van der Waals surface area contributed by atoms with Crippen molar-refractivity contribution >= 4 is 6.29 Å². The number of halogens is 3. The molecule has 0 N–H and O–H groups in total. The molecule has 0 unspecified atom stereocenters. The molecule has 0 saturated carbocycles. The number of hydrogen-bond acceptors (Lipinski definition) is 2. The highest BCUT2D eigenvalue weighted by molar-refractivity contribution is 5.83. The van der Waals surface area contributed by atoms with Crippen molar-refractivity contribution in [2.24, 2.45) is 0 Å². The highest BCUT2D eigenvalue weighted by Gasteiger charge is 2.30. The molecule has 0 atom stereocenters. The molecule has 2 nitrogen and oxygen atoms in total. The largest absolute Gasteiger partial charge is 0.496 e. The van der Waals surface area contributed by atoms with E-state index in [0.717, 1.165) is 12.1 Å². The third-order valence-corrected chi connectivity index (χ3v) is 2.88. The van der Waals surface area contributed by atoms with Crippen LogP contribution in [-0.2, 0) is 6.18 Å². The van der Waals surface area contributed by atoms with Gasteiger partial charge in [-0.2, -0.15) is 13.2 Å². The zero-order chi connectivity index (χ0) is 14.8. The lowest BCUT2D eigenvalue weighted by atomic mass is 10.0. The number of carbonyl (C=O) groups excluding carboxylic acids is 1. The monoisotopic (exact) mass is 280 g/mol. The summed E-state index contributed by atoms with van der Waals surface area (Å²) in [5, 5.41) is 0. The minimum Gasteiger partial charge on any atom is -0.496 e. The second kappa shape index (κ2) is 5.36. The van der Waals surface area contributed by atoms with E-state index in [4.69, 9.17) is 4.74 Å². The van der Waals surface area contributed by atoms with E-state index >= 15 is 0 Å². The van der Waals surface area contributed by atoms with Gasteiger partial charge < -0.3 is 4.74 Å². The minimum absolute atomic E-state index is 0.294. The maximum absolute atomic E-state index is 12.7. The van der Waals surface area contributed by atoms with Crippen molar-refractivity contribution in [1.29, 1.82) is 0 Å². The van der Waals surface area contributed by atoms with Crippen LogP contribution in [0, 0.1) is 0 Å². The van der Waals surface area contributed by atoms with Gasteiger partial charge in [0.1, 0.15) is 5.75 Å². The number of methoxy groups -OCH3 is 1. The Balaban J connectivity index is 2.49. The molecule has 0 aliphatic heterocycles. The van der Waals surface area contributed by atoms with E-state index in [1.165, 1.54) is 19.2 Å². The number of alkyl halides is 3. The summed E-state index contributed by atoms with van der Waals surface area (Å²) in [7, 11) is 1.42. The predicted octanol–water partition coefficient (Wildman–Crippen LogP) is 4.19. The second-order valence-corrected chi connectivity index (χ2v) is 4.15. The summed E-state index contributed by atoms with van der Waals surface area (Å²) in [6.45, 7) is 0. The van der Waals surface area contributed by atoms with Gasteiger partial charge in [0.15, 0.2) is 6.29 Å². The summed E-state index contributed by atoms with van der Waals surface area (Å²) in [5.41, 5.74) is 0.491. The molecule has 0 amide bonds. The molecule has 104 valence electrons. The molecule has 0 aliphatic carbocycles. The van der Waals surface area contributed by atoms with Crippen molar-refractivity contribution in [3.05, 3.63) is 53.6 Å². The van der Waals surface area contributed by atoms with Gasteiger partial charge in [-0.15, -0.1) is 0 Å². The molecule has 0 bridgehead atoms. The summed E-state index contributed by atoms with van der Waals surface area (Å²) in [5.74, 6) is 0.385. The molecule has 5 heteroatoms. The zero-order valence-corrected chi connectivity index (χ0v) is 10.6. The summed E-state index contributed by atoms with van der Waals surface area (Å²) < 4.78 is 43.0. The number of rotatable bonds is 3. The van der Waals surface area contributed by atoms with Crippen molar-refractivity contribution < 1.29 is 22.7 Å². The molecule has 2 rings (SSSR count). The molecule has 0 aromatic heterocycles. The van der Waals surface area contributed by atoms with Crippen molar-refractivity contribution in [1.82, 2.24) is 0 Å². The maximum atomic E-state index is 12.7. The normalized spacial score (nSPS) is 11.2. The molecule has 0 fully saturated rings. The first-order valence-corrected chi connectivity index (χ1v) is 5.76. The number of carbonyl (C=O) groups is 1. The lowest BCUT2D eigenvalue weighted by Crippen LogP contribution is -2.04. The fourth-order valence-corrected chi connectivity index (χ4v) is 1.88. The number of benzene rings is 2. The molecular weight excluding hydrogens is 269 g/mol. The smallest absolute Gasteiger partial charge is 0.416 e. The minimum atomic E-state index is -4.39. The Morgan fingerprint density at radius 2 is 1.75 bits per heavy atom. The van der Waals surface area contributed by atoms with Crippen LogP contribution in [-0.4, -0.2) is 13.4 Å². The lowest BCUT2D eigenvalue weighted by molar-refractivity contribution is -0.137. The van der Waals surface area contributed by atoms with E-state index in [-0.39, 0.29) is 0 Å². The van der Waals surface area contributed by atoms with E-state index in [9.17, 15) is 18.0 Å². The first kappa shape index (κ1) is 14.1. The SMILES string of the molecule is COc1ccc(-c2cccc(C(F)(F)F)c2)cc1C=O. The number of aldehydes is 1. The molecule has 0 radical (unpaired) electrons. The Kier molecular flexibility index (Phi) is 3.79. The topological polar surface area (TPSA) is 26.3 Å². The van der Waals surface area contributed by atoms with Crippen LogP contribution in [0.2, 0.25) is 0 Å². The molecular formula is C15H11F3O2. The van der Waals surface area contributed by atoms with Crippen LogP contribution in [0.15, 0.2) is 42.5 Å². The van der Waals surface area contributed by atoms with Gasteiger partial charge in [-0.05, 0) is 35.4 Å². The second-order valence-electron chi connectivity index (χ2n) is 4.15. The van der Waals surface area contributed by atoms with E-state index in [2.05, 4.69) is 0 Å². The lowest BCUT2D eigenvalue weighted by Gasteiger charge is -2.10. The van der Waals surface area contributed by atoms with Crippen LogP contribution in [0.3, 0.4) is 0 Å². The Labute approximate surface area is 113 Å². The first-order valence-electron chi connectivity index (χ1n) is 5.76. The zero-order valence-electron chi connectivity index (χ0n) is 10.6. The van der Waals surface area contributed by atoms with Crippen LogP contribution < -0.4 is 4.74 Å². The highest BCUT2D eigenvalue weighted by Crippen LogP contribution is 2.33. The molecule has 0 heterocycles. The number of ether oxygens (including phenoxy) is 1. The standard InChI is InChI=1S/C15H11F3O2/c1-20-14-6-5-11(7-12(14)9-19)10-3-2-4-13(8-10)15(16,17)18/h2-9H,1H3.